The summed E-state index contributed by atoms with van der Waals surface area (Å²) in [6, 6.07) is 3.78. The van der Waals surface area contributed by atoms with Crippen molar-refractivity contribution in [3.05, 3.63) is 30.1 Å². The van der Waals surface area contributed by atoms with Gasteiger partial charge in [0, 0.05) is 24.2 Å². The van der Waals surface area contributed by atoms with Gasteiger partial charge in [-0.15, -0.1) is 0 Å². The minimum Gasteiger partial charge on any atom is -0.353 e. The Morgan fingerprint density at radius 2 is 2.48 bits per heavy atom. The number of nitrogens with zero attached hydrogens (tertiary/aromatic N) is 2. The Hall–Kier alpha value is -2.21. The summed E-state index contributed by atoms with van der Waals surface area (Å²) in [5.41, 5.74) is 1.46. The monoisotopic (exact) mass is 285 g/mol. The van der Waals surface area contributed by atoms with Crippen LogP contribution in [-0.2, 0) is 4.79 Å². The zero-order chi connectivity index (χ0) is 14.5. The zero-order valence-corrected chi connectivity index (χ0v) is 11.8. The average molecular weight is 285 g/mol. The standard InChI is InChI=1S/C15H19N5O/c21-14(17-9-6-11-5-8-16-10-11)4-3-13-12-2-1-7-18-15(12)20-19-13/h1-4,7,11,16H,5-6,8-10H2,(H,17,21)(H,18,19,20). The molecular formula is C15H19N5O. The number of nitrogens with one attached hydrogen (secondary N) is 3. The molecule has 2 aromatic heterocycles. The summed E-state index contributed by atoms with van der Waals surface area (Å²) in [7, 11) is 0. The Kier molecular flexibility index (Phi) is 4.25. The predicted molar refractivity (Wildman–Crippen MR) is 81.5 cm³/mol. The third-order valence-electron chi connectivity index (χ3n) is 3.77. The van der Waals surface area contributed by atoms with E-state index in [1.165, 1.54) is 12.5 Å². The van der Waals surface area contributed by atoms with Gasteiger partial charge in [-0.3, -0.25) is 9.89 Å². The lowest BCUT2D eigenvalue weighted by Gasteiger charge is -2.07. The Labute approximate surface area is 123 Å². The molecule has 1 aliphatic heterocycles. The molecular weight excluding hydrogens is 266 g/mol. The van der Waals surface area contributed by atoms with Gasteiger partial charge in [0.15, 0.2) is 5.65 Å². The quantitative estimate of drug-likeness (QED) is 0.718. The van der Waals surface area contributed by atoms with E-state index in [9.17, 15) is 4.79 Å². The number of aromatic nitrogens is 3. The summed E-state index contributed by atoms with van der Waals surface area (Å²) in [5, 5.41) is 14.1. The number of fused-ring (bicyclic) bond motifs is 1. The van der Waals surface area contributed by atoms with E-state index >= 15 is 0 Å². The van der Waals surface area contributed by atoms with E-state index in [1.54, 1.807) is 12.3 Å². The lowest BCUT2D eigenvalue weighted by molar-refractivity contribution is -0.116. The molecule has 3 rings (SSSR count). The van der Waals surface area contributed by atoms with E-state index < -0.39 is 0 Å². The second kappa shape index (κ2) is 6.49. The van der Waals surface area contributed by atoms with Crippen molar-refractivity contribution in [2.45, 2.75) is 12.8 Å². The van der Waals surface area contributed by atoms with Gasteiger partial charge in [0.05, 0.1) is 5.69 Å². The van der Waals surface area contributed by atoms with E-state index in [4.69, 9.17) is 0 Å². The van der Waals surface area contributed by atoms with E-state index in [2.05, 4.69) is 25.8 Å². The number of pyridine rings is 1. The molecule has 1 unspecified atom stereocenters. The molecule has 0 aliphatic carbocycles. The maximum Gasteiger partial charge on any atom is 0.244 e. The first kappa shape index (κ1) is 13.8. The molecule has 1 aliphatic rings. The van der Waals surface area contributed by atoms with Crippen molar-refractivity contribution in [3.63, 3.8) is 0 Å². The molecule has 0 spiro atoms. The molecule has 3 heterocycles. The van der Waals surface area contributed by atoms with Crippen molar-refractivity contribution >= 4 is 23.0 Å². The molecule has 0 saturated carbocycles. The van der Waals surface area contributed by atoms with Crippen LogP contribution in [0.25, 0.3) is 17.1 Å². The second-order valence-electron chi connectivity index (χ2n) is 5.28. The Morgan fingerprint density at radius 3 is 3.33 bits per heavy atom. The SMILES string of the molecule is O=C(C=Cc1[nH]nc2ncccc12)NCCC1CCNC1. The number of hydrogen-bond acceptors (Lipinski definition) is 4. The molecule has 6 heteroatoms. The van der Waals surface area contributed by atoms with Crippen LogP contribution in [0.4, 0.5) is 0 Å². The van der Waals surface area contributed by atoms with Crippen LogP contribution in [-0.4, -0.2) is 40.7 Å². The van der Waals surface area contributed by atoms with Crippen LogP contribution in [0.1, 0.15) is 18.5 Å². The number of carbonyl (C=O) groups is 1. The molecule has 1 amide bonds. The first-order valence-electron chi connectivity index (χ1n) is 7.28. The van der Waals surface area contributed by atoms with Crippen LogP contribution in [0.2, 0.25) is 0 Å². The highest BCUT2D eigenvalue weighted by molar-refractivity contribution is 5.94. The van der Waals surface area contributed by atoms with Gasteiger partial charge in [-0.25, -0.2) is 4.98 Å². The highest BCUT2D eigenvalue weighted by atomic mass is 16.1. The lowest BCUT2D eigenvalue weighted by atomic mass is 10.1. The maximum absolute atomic E-state index is 11.8. The Morgan fingerprint density at radius 1 is 1.52 bits per heavy atom. The van der Waals surface area contributed by atoms with Gasteiger partial charge in [-0.05, 0) is 50.1 Å². The fraction of sp³-hybridized carbons (Fsp3) is 0.400. The zero-order valence-electron chi connectivity index (χ0n) is 11.8. The highest BCUT2D eigenvalue weighted by Gasteiger charge is 2.13. The van der Waals surface area contributed by atoms with Crippen LogP contribution in [0.15, 0.2) is 24.4 Å². The second-order valence-corrected chi connectivity index (χ2v) is 5.28. The van der Waals surface area contributed by atoms with Gasteiger partial charge in [0.2, 0.25) is 5.91 Å². The van der Waals surface area contributed by atoms with E-state index in [-0.39, 0.29) is 5.91 Å². The minimum atomic E-state index is -0.0763. The molecule has 1 atom stereocenters. The van der Waals surface area contributed by atoms with Gasteiger partial charge >= 0.3 is 0 Å². The van der Waals surface area contributed by atoms with Crippen LogP contribution in [0.5, 0.6) is 0 Å². The maximum atomic E-state index is 11.8. The van der Waals surface area contributed by atoms with Crippen molar-refractivity contribution in [1.29, 1.82) is 0 Å². The summed E-state index contributed by atoms with van der Waals surface area (Å²) < 4.78 is 0. The molecule has 2 aromatic rings. The Bertz CT molecular complexity index is 642. The van der Waals surface area contributed by atoms with Crippen LogP contribution >= 0.6 is 0 Å². The topological polar surface area (TPSA) is 82.7 Å². The normalized spacial score (nSPS) is 18.6. The van der Waals surface area contributed by atoms with Crippen molar-refractivity contribution < 1.29 is 4.79 Å². The number of hydrogen-bond donors (Lipinski definition) is 3. The average Bonchev–Trinajstić information content (AvgIpc) is 3.14. The van der Waals surface area contributed by atoms with Crippen LogP contribution in [0.3, 0.4) is 0 Å². The van der Waals surface area contributed by atoms with E-state index in [1.807, 2.05) is 12.1 Å². The third-order valence-corrected chi connectivity index (χ3v) is 3.77. The first-order valence-corrected chi connectivity index (χ1v) is 7.28. The largest absolute Gasteiger partial charge is 0.353 e. The summed E-state index contributed by atoms with van der Waals surface area (Å²) >= 11 is 0. The number of H-pyrrole nitrogens is 1. The molecule has 3 N–H and O–H groups in total. The minimum absolute atomic E-state index is 0.0763. The molecule has 1 fully saturated rings. The van der Waals surface area contributed by atoms with E-state index in [0.717, 1.165) is 37.1 Å². The van der Waals surface area contributed by atoms with Crippen LogP contribution < -0.4 is 10.6 Å². The fourth-order valence-corrected chi connectivity index (χ4v) is 2.58. The van der Waals surface area contributed by atoms with Gasteiger partial charge < -0.3 is 10.6 Å². The van der Waals surface area contributed by atoms with Crippen molar-refractivity contribution in [1.82, 2.24) is 25.8 Å². The smallest absolute Gasteiger partial charge is 0.244 e. The summed E-state index contributed by atoms with van der Waals surface area (Å²) in [6.07, 6.45) is 7.21. The number of aromatic amines is 1. The van der Waals surface area contributed by atoms with Gasteiger partial charge in [0.25, 0.3) is 0 Å². The van der Waals surface area contributed by atoms with Gasteiger partial charge in [-0.2, -0.15) is 5.10 Å². The molecule has 0 radical (unpaired) electrons. The van der Waals surface area contributed by atoms with Crippen molar-refractivity contribution in [2.24, 2.45) is 5.92 Å². The van der Waals surface area contributed by atoms with Gasteiger partial charge in [-0.1, -0.05) is 0 Å². The van der Waals surface area contributed by atoms with Crippen molar-refractivity contribution in [2.75, 3.05) is 19.6 Å². The number of amides is 1. The van der Waals surface area contributed by atoms with E-state index in [0.29, 0.717) is 11.6 Å². The number of carbonyl (C=O) groups excluding carboxylic acids is 1. The molecule has 1 saturated heterocycles. The summed E-state index contributed by atoms with van der Waals surface area (Å²) in [5.74, 6) is 0.615. The lowest BCUT2D eigenvalue weighted by Crippen LogP contribution is -2.24. The number of rotatable bonds is 5. The summed E-state index contributed by atoms with van der Waals surface area (Å²) in [4.78, 5) is 15.9. The predicted octanol–water partition coefficient (Wildman–Crippen LogP) is 1.09. The van der Waals surface area contributed by atoms with Gasteiger partial charge in [0.1, 0.15) is 0 Å². The van der Waals surface area contributed by atoms with Crippen molar-refractivity contribution in [3.8, 4) is 0 Å². The molecule has 110 valence electrons. The Balaban J connectivity index is 1.51. The highest BCUT2D eigenvalue weighted by Crippen LogP contribution is 2.14. The third kappa shape index (κ3) is 3.46. The molecule has 21 heavy (non-hydrogen) atoms. The molecule has 0 bridgehead atoms. The van der Waals surface area contributed by atoms with Crippen LogP contribution in [0, 0.1) is 5.92 Å². The summed E-state index contributed by atoms with van der Waals surface area (Å²) in [6.45, 7) is 2.89. The molecule has 6 nitrogen and oxygen atoms in total. The molecule has 0 aromatic carbocycles. The fourth-order valence-electron chi connectivity index (χ4n) is 2.58. The first-order chi connectivity index (χ1) is 10.3.